The van der Waals surface area contributed by atoms with Gasteiger partial charge in [-0.15, -0.1) is 11.3 Å². The summed E-state index contributed by atoms with van der Waals surface area (Å²) in [6.07, 6.45) is 0. The van der Waals surface area contributed by atoms with Crippen molar-refractivity contribution in [2.45, 2.75) is 13.5 Å². The molecule has 0 aliphatic carbocycles. The third kappa shape index (κ3) is 2.97. The van der Waals surface area contributed by atoms with Crippen molar-refractivity contribution in [2.75, 3.05) is 6.61 Å². The Labute approximate surface area is 150 Å². The Kier molecular flexibility index (Phi) is 4.73. The highest BCUT2D eigenvalue weighted by atomic mass is 79.9. The number of hydrogen-bond donors (Lipinski definition) is 1. The molecule has 3 aromatic rings. The van der Waals surface area contributed by atoms with Crippen LogP contribution in [0.5, 0.6) is 5.75 Å². The van der Waals surface area contributed by atoms with E-state index in [1.165, 1.54) is 15.9 Å². The van der Waals surface area contributed by atoms with Crippen molar-refractivity contribution in [1.82, 2.24) is 4.57 Å². The molecule has 0 saturated heterocycles. The summed E-state index contributed by atoms with van der Waals surface area (Å²) in [6, 6.07) is 9.33. The minimum atomic E-state index is -0.685. The van der Waals surface area contributed by atoms with E-state index in [1.807, 2.05) is 24.3 Å². The zero-order valence-corrected chi connectivity index (χ0v) is 15.2. The molecule has 124 valence electrons. The van der Waals surface area contributed by atoms with E-state index < -0.39 is 17.3 Å². The van der Waals surface area contributed by atoms with Crippen LogP contribution in [0.4, 0.5) is 0 Å². The molecule has 1 aromatic carbocycles. The van der Waals surface area contributed by atoms with E-state index in [1.54, 1.807) is 18.4 Å². The van der Waals surface area contributed by atoms with Crippen LogP contribution >= 0.6 is 27.3 Å². The number of carbonyl (C=O) groups is 1. The Balaban J connectivity index is 2.16. The molecule has 1 N–H and O–H groups in total. The molecule has 0 bridgehead atoms. The van der Waals surface area contributed by atoms with Gasteiger partial charge < -0.3 is 9.84 Å². The number of rotatable bonds is 4. The predicted molar refractivity (Wildman–Crippen MR) is 97.0 cm³/mol. The number of nitrogens with zero attached hydrogens (tertiary/aromatic N) is 1. The fourth-order valence-electron chi connectivity index (χ4n) is 2.48. The third-order valence-electron chi connectivity index (χ3n) is 3.58. The monoisotopic (exact) mass is 407 g/mol. The predicted octanol–water partition coefficient (Wildman–Crippen LogP) is 3.76. The molecule has 24 heavy (non-hydrogen) atoms. The van der Waals surface area contributed by atoms with Crippen molar-refractivity contribution >= 4 is 43.5 Å². The van der Waals surface area contributed by atoms with Crippen LogP contribution in [0.2, 0.25) is 0 Å². The summed E-state index contributed by atoms with van der Waals surface area (Å²) in [4.78, 5) is 24.7. The molecule has 0 fully saturated rings. The summed E-state index contributed by atoms with van der Waals surface area (Å²) in [7, 11) is 0. The fraction of sp³-hybridized carbons (Fsp3) is 0.176. The van der Waals surface area contributed by atoms with Gasteiger partial charge in [-0.2, -0.15) is 0 Å². The molecule has 2 aromatic heterocycles. The Bertz CT molecular complexity index is 959. The van der Waals surface area contributed by atoms with Gasteiger partial charge in [0.05, 0.1) is 23.4 Å². The van der Waals surface area contributed by atoms with Crippen molar-refractivity contribution in [1.29, 1.82) is 0 Å². The lowest BCUT2D eigenvalue weighted by Gasteiger charge is -2.12. The highest BCUT2D eigenvalue weighted by Crippen LogP contribution is 2.30. The van der Waals surface area contributed by atoms with E-state index >= 15 is 0 Å². The Hall–Kier alpha value is -2.12. The van der Waals surface area contributed by atoms with Gasteiger partial charge in [0.15, 0.2) is 5.75 Å². The van der Waals surface area contributed by atoms with Gasteiger partial charge in [0, 0.05) is 4.47 Å². The van der Waals surface area contributed by atoms with Crippen LogP contribution in [-0.4, -0.2) is 22.2 Å². The first-order chi connectivity index (χ1) is 11.5. The number of thiophene rings is 1. The lowest BCUT2D eigenvalue weighted by Crippen LogP contribution is -2.23. The van der Waals surface area contributed by atoms with Gasteiger partial charge in [-0.05, 0) is 36.1 Å². The summed E-state index contributed by atoms with van der Waals surface area (Å²) < 4.78 is 7.92. The molecule has 0 amide bonds. The molecule has 7 heteroatoms. The number of pyridine rings is 1. The maximum Gasteiger partial charge on any atom is 0.343 e. The summed E-state index contributed by atoms with van der Waals surface area (Å²) in [5.74, 6) is -1.25. The maximum atomic E-state index is 12.6. The first kappa shape index (κ1) is 16.7. The van der Waals surface area contributed by atoms with Gasteiger partial charge >= 0.3 is 5.97 Å². The van der Waals surface area contributed by atoms with Gasteiger partial charge in [0.2, 0.25) is 0 Å². The normalized spacial score (nSPS) is 10.9. The molecule has 3 rings (SSSR count). The van der Waals surface area contributed by atoms with Gasteiger partial charge in [0.1, 0.15) is 5.56 Å². The van der Waals surface area contributed by atoms with Crippen LogP contribution in [0.1, 0.15) is 22.8 Å². The number of aromatic hydroxyl groups is 1. The lowest BCUT2D eigenvalue weighted by molar-refractivity contribution is 0.0525. The smallest absolute Gasteiger partial charge is 0.343 e. The molecule has 2 heterocycles. The summed E-state index contributed by atoms with van der Waals surface area (Å²) >= 11 is 4.66. The minimum Gasteiger partial charge on any atom is -0.502 e. The van der Waals surface area contributed by atoms with E-state index in [0.29, 0.717) is 16.8 Å². The first-order valence-corrected chi connectivity index (χ1v) is 8.94. The number of halogens is 1. The highest BCUT2D eigenvalue weighted by molar-refractivity contribution is 9.10. The number of benzene rings is 1. The minimum absolute atomic E-state index is 0.0566. The number of ether oxygens (including phenoxy) is 1. The SMILES string of the molecule is CCOC(=O)c1c(O)c(=O)n(Cc2ccc(Br)cc2)c2ccsc12. The number of hydrogen-bond acceptors (Lipinski definition) is 5. The van der Waals surface area contributed by atoms with Crippen LogP contribution in [0.15, 0.2) is 45.0 Å². The molecular formula is C17H14BrNO4S. The second kappa shape index (κ2) is 6.78. The van der Waals surface area contributed by atoms with E-state index in [9.17, 15) is 14.7 Å². The van der Waals surface area contributed by atoms with Crippen molar-refractivity contribution in [3.05, 3.63) is 61.7 Å². The van der Waals surface area contributed by atoms with Crippen LogP contribution in [0.25, 0.3) is 10.2 Å². The average molecular weight is 408 g/mol. The first-order valence-electron chi connectivity index (χ1n) is 7.27. The van der Waals surface area contributed by atoms with Crippen molar-refractivity contribution in [3.8, 4) is 5.75 Å². The quantitative estimate of drug-likeness (QED) is 0.668. The molecule has 0 aliphatic heterocycles. The van der Waals surface area contributed by atoms with Crippen LogP contribution in [0, 0.1) is 0 Å². The largest absolute Gasteiger partial charge is 0.502 e. The third-order valence-corrected chi connectivity index (χ3v) is 5.03. The molecule has 0 saturated carbocycles. The maximum absolute atomic E-state index is 12.6. The van der Waals surface area contributed by atoms with Gasteiger partial charge in [-0.3, -0.25) is 9.36 Å². The molecule has 0 radical (unpaired) electrons. The Morgan fingerprint density at radius 2 is 2.00 bits per heavy atom. The van der Waals surface area contributed by atoms with E-state index in [-0.39, 0.29) is 12.2 Å². The zero-order chi connectivity index (χ0) is 17.3. The topological polar surface area (TPSA) is 68.5 Å². The second-order valence-electron chi connectivity index (χ2n) is 5.10. The van der Waals surface area contributed by atoms with E-state index in [4.69, 9.17) is 4.74 Å². The molecule has 5 nitrogen and oxygen atoms in total. The number of esters is 1. The molecular weight excluding hydrogens is 394 g/mol. The second-order valence-corrected chi connectivity index (χ2v) is 6.93. The van der Waals surface area contributed by atoms with Crippen LogP contribution in [0.3, 0.4) is 0 Å². The molecule has 0 unspecified atom stereocenters. The Morgan fingerprint density at radius 1 is 1.29 bits per heavy atom. The fourth-order valence-corrected chi connectivity index (χ4v) is 3.67. The van der Waals surface area contributed by atoms with Gasteiger partial charge in [-0.25, -0.2) is 4.79 Å². The van der Waals surface area contributed by atoms with Gasteiger partial charge in [0.25, 0.3) is 5.56 Å². The average Bonchev–Trinajstić information content (AvgIpc) is 3.03. The summed E-state index contributed by atoms with van der Waals surface area (Å²) in [6.45, 7) is 2.15. The zero-order valence-electron chi connectivity index (χ0n) is 12.8. The molecule has 0 aliphatic rings. The van der Waals surface area contributed by atoms with E-state index in [2.05, 4.69) is 15.9 Å². The summed E-state index contributed by atoms with van der Waals surface area (Å²) in [5, 5.41) is 12.1. The number of carbonyl (C=O) groups excluding carboxylic acids is 1. The highest BCUT2D eigenvalue weighted by Gasteiger charge is 2.23. The van der Waals surface area contributed by atoms with Crippen LogP contribution < -0.4 is 5.56 Å². The number of fused-ring (bicyclic) bond motifs is 1. The van der Waals surface area contributed by atoms with Crippen molar-refractivity contribution in [3.63, 3.8) is 0 Å². The standard InChI is InChI=1S/C17H14BrNO4S/c1-2-23-17(22)13-14(20)16(21)19(12-7-8-24-15(12)13)9-10-3-5-11(18)6-4-10/h3-8,20H,2,9H2,1H3. The van der Waals surface area contributed by atoms with Crippen LogP contribution in [-0.2, 0) is 11.3 Å². The molecule has 0 spiro atoms. The van der Waals surface area contributed by atoms with Gasteiger partial charge in [-0.1, -0.05) is 28.1 Å². The Morgan fingerprint density at radius 3 is 2.67 bits per heavy atom. The van der Waals surface area contributed by atoms with E-state index in [0.717, 1.165) is 10.0 Å². The molecule has 0 atom stereocenters. The van der Waals surface area contributed by atoms with Crippen molar-refractivity contribution in [2.24, 2.45) is 0 Å². The number of aromatic nitrogens is 1. The van der Waals surface area contributed by atoms with Crippen molar-refractivity contribution < 1.29 is 14.6 Å². The lowest BCUT2D eigenvalue weighted by atomic mass is 10.2. The summed E-state index contributed by atoms with van der Waals surface area (Å²) in [5.41, 5.74) is 0.857.